The first kappa shape index (κ1) is 13.8. The van der Waals surface area contributed by atoms with Crippen molar-refractivity contribution in [3.05, 3.63) is 0 Å². The lowest BCUT2D eigenvalue weighted by molar-refractivity contribution is -0.123. The van der Waals surface area contributed by atoms with Gasteiger partial charge in [-0.25, -0.2) is 0 Å². The molecule has 0 aromatic carbocycles. The van der Waals surface area contributed by atoms with E-state index in [0.717, 1.165) is 52.2 Å². The largest absolute Gasteiger partial charge is 0.378 e. The molecule has 2 saturated heterocycles. The summed E-state index contributed by atoms with van der Waals surface area (Å²) in [5, 5.41) is 6.24. The van der Waals surface area contributed by atoms with E-state index in [2.05, 4.69) is 29.4 Å². The highest BCUT2D eigenvalue weighted by Gasteiger charge is 2.30. The summed E-state index contributed by atoms with van der Waals surface area (Å²) >= 11 is 0. The van der Waals surface area contributed by atoms with Crippen LogP contribution in [0.3, 0.4) is 0 Å². The van der Waals surface area contributed by atoms with E-state index in [9.17, 15) is 4.79 Å². The van der Waals surface area contributed by atoms with Crippen LogP contribution in [0.5, 0.6) is 0 Å². The summed E-state index contributed by atoms with van der Waals surface area (Å²) in [5.41, 5.74) is 0.0780. The number of nitrogens with one attached hydrogen (secondary N) is 2. The first-order valence-electron chi connectivity index (χ1n) is 6.93. The lowest BCUT2D eigenvalue weighted by Crippen LogP contribution is -2.55. The number of hydrogen-bond acceptors (Lipinski definition) is 4. The van der Waals surface area contributed by atoms with E-state index in [1.807, 2.05) is 0 Å². The van der Waals surface area contributed by atoms with Crippen molar-refractivity contribution in [2.75, 3.05) is 39.4 Å². The van der Waals surface area contributed by atoms with Crippen LogP contribution in [0.25, 0.3) is 0 Å². The minimum Gasteiger partial charge on any atom is -0.378 e. The molecule has 2 fully saturated rings. The van der Waals surface area contributed by atoms with Gasteiger partial charge in [-0.15, -0.1) is 0 Å². The molecule has 0 radical (unpaired) electrons. The molecule has 0 aromatic rings. The molecule has 2 rings (SSSR count). The Morgan fingerprint density at radius 1 is 1.56 bits per heavy atom. The average molecular weight is 255 g/mol. The van der Waals surface area contributed by atoms with Gasteiger partial charge in [0.1, 0.15) is 0 Å². The first-order chi connectivity index (χ1) is 8.59. The molecule has 2 aliphatic rings. The van der Waals surface area contributed by atoms with Crippen molar-refractivity contribution >= 4 is 5.91 Å². The summed E-state index contributed by atoms with van der Waals surface area (Å²) < 4.78 is 5.48. The van der Waals surface area contributed by atoms with Crippen molar-refractivity contribution in [1.82, 2.24) is 15.5 Å². The van der Waals surface area contributed by atoms with Crippen LogP contribution in [0.1, 0.15) is 26.7 Å². The van der Waals surface area contributed by atoms with Gasteiger partial charge in [-0.05, 0) is 33.2 Å². The second-order valence-corrected chi connectivity index (χ2v) is 5.79. The minimum atomic E-state index is 0.0303. The Morgan fingerprint density at radius 2 is 2.39 bits per heavy atom. The Morgan fingerprint density at radius 3 is 3.06 bits per heavy atom. The van der Waals surface area contributed by atoms with Crippen LogP contribution in [-0.2, 0) is 9.53 Å². The molecule has 1 unspecified atom stereocenters. The highest BCUT2D eigenvalue weighted by Crippen LogP contribution is 2.17. The second-order valence-electron chi connectivity index (χ2n) is 5.79. The maximum atomic E-state index is 11.8. The summed E-state index contributed by atoms with van der Waals surface area (Å²) in [6.45, 7) is 9.47. The molecule has 0 aliphatic carbocycles. The number of ether oxygens (including phenoxy) is 1. The van der Waals surface area contributed by atoms with Crippen molar-refractivity contribution < 1.29 is 9.53 Å². The number of rotatable bonds is 4. The highest BCUT2D eigenvalue weighted by molar-refractivity contribution is 5.81. The number of hydrogen-bond donors (Lipinski definition) is 2. The summed E-state index contributed by atoms with van der Waals surface area (Å²) in [7, 11) is 0. The SMILES string of the molecule is CC1(C)COCCN1CCNC(=O)C1CCCN1. The van der Waals surface area contributed by atoms with Crippen LogP contribution in [0.4, 0.5) is 0 Å². The molecule has 5 heteroatoms. The molecule has 18 heavy (non-hydrogen) atoms. The van der Waals surface area contributed by atoms with Crippen molar-refractivity contribution in [2.45, 2.75) is 38.3 Å². The zero-order valence-electron chi connectivity index (χ0n) is 11.5. The summed E-state index contributed by atoms with van der Waals surface area (Å²) in [5.74, 6) is 0.151. The van der Waals surface area contributed by atoms with Crippen LogP contribution in [0, 0.1) is 0 Å². The molecule has 5 nitrogen and oxygen atoms in total. The Balaban J connectivity index is 1.69. The number of carbonyl (C=O) groups is 1. The van der Waals surface area contributed by atoms with Crippen molar-refractivity contribution in [3.63, 3.8) is 0 Å². The van der Waals surface area contributed by atoms with Crippen LogP contribution in [0.2, 0.25) is 0 Å². The maximum absolute atomic E-state index is 11.8. The quantitative estimate of drug-likeness (QED) is 0.740. The topological polar surface area (TPSA) is 53.6 Å². The highest BCUT2D eigenvalue weighted by atomic mass is 16.5. The third-order valence-corrected chi connectivity index (χ3v) is 3.87. The fourth-order valence-corrected chi connectivity index (χ4v) is 2.65. The van der Waals surface area contributed by atoms with E-state index in [0.29, 0.717) is 0 Å². The summed E-state index contributed by atoms with van der Waals surface area (Å²) in [4.78, 5) is 14.2. The number of nitrogens with zero attached hydrogens (tertiary/aromatic N) is 1. The summed E-state index contributed by atoms with van der Waals surface area (Å²) in [6, 6.07) is 0.0303. The van der Waals surface area contributed by atoms with E-state index in [-0.39, 0.29) is 17.5 Å². The zero-order valence-corrected chi connectivity index (χ0v) is 11.5. The first-order valence-corrected chi connectivity index (χ1v) is 6.93. The van der Waals surface area contributed by atoms with Gasteiger partial charge < -0.3 is 15.4 Å². The van der Waals surface area contributed by atoms with Crippen LogP contribution in [0.15, 0.2) is 0 Å². The molecular formula is C13H25N3O2. The van der Waals surface area contributed by atoms with Crippen LogP contribution in [-0.4, -0.2) is 61.8 Å². The molecule has 1 amide bonds. The molecule has 1 atom stereocenters. The fourth-order valence-electron chi connectivity index (χ4n) is 2.65. The number of morpholine rings is 1. The normalized spacial score (nSPS) is 28.2. The Kier molecular flexibility index (Phi) is 4.59. The maximum Gasteiger partial charge on any atom is 0.237 e. The van der Waals surface area contributed by atoms with Gasteiger partial charge >= 0.3 is 0 Å². The Hall–Kier alpha value is -0.650. The predicted octanol–water partition coefficient (Wildman–Crippen LogP) is -0.0346. The van der Waals surface area contributed by atoms with Crippen LogP contribution < -0.4 is 10.6 Å². The monoisotopic (exact) mass is 255 g/mol. The van der Waals surface area contributed by atoms with Crippen molar-refractivity contribution in [1.29, 1.82) is 0 Å². The predicted molar refractivity (Wildman–Crippen MR) is 70.5 cm³/mol. The molecule has 0 bridgehead atoms. The number of carbonyl (C=O) groups excluding carboxylic acids is 1. The van der Waals surface area contributed by atoms with E-state index in [1.54, 1.807) is 0 Å². The van der Waals surface area contributed by atoms with E-state index >= 15 is 0 Å². The average Bonchev–Trinajstić information content (AvgIpc) is 2.84. The molecule has 0 saturated carbocycles. The van der Waals surface area contributed by atoms with Gasteiger partial charge in [-0.2, -0.15) is 0 Å². The molecule has 2 N–H and O–H groups in total. The molecular weight excluding hydrogens is 230 g/mol. The lowest BCUT2D eigenvalue weighted by Gasteiger charge is -2.42. The van der Waals surface area contributed by atoms with Gasteiger partial charge in [0.25, 0.3) is 0 Å². The number of amides is 1. The van der Waals surface area contributed by atoms with Gasteiger partial charge in [0.15, 0.2) is 0 Å². The van der Waals surface area contributed by atoms with Crippen molar-refractivity contribution in [2.24, 2.45) is 0 Å². The Bertz CT molecular complexity index is 288. The second kappa shape index (κ2) is 5.99. The standard InChI is InChI=1S/C13H25N3O2/c1-13(2)10-18-9-8-16(13)7-6-15-12(17)11-4-3-5-14-11/h11,14H,3-10H2,1-2H3,(H,15,17). The fraction of sp³-hybridized carbons (Fsp3) is 0.923. The van der Waals surface area contributed by atoms with Gasteiger partial charge in [-0.3, -0.25) is 9.69 Å². The lowest BCUT2D eigenvalue weighted by atomic mass is 10.0. The van der Waals surface area contributed by atoms with E-state index in [1.165, 1.54) is 0 Å². The van der Waals surface area contributed by atoms with E-state index < -0.39 is 0 Å². The molecule has 104 valence electrons. The van der Waals surface area contributed by atoms with Crippen molar-refractivity contribution in [3.8, 4) is 0 Å². The van der Waals surface area contributed by atoms with Gasteiger partial charge in [0.05, 0.1) is 19.3 Å². The Labute approximate surface area is 109 Å². The minimum absolute atomic E-state index is 0.0303. The summed E-state index contributed by atoms with van der Waals surface area (Å²) in [6.07, 6.45) is 2.07. The van der Waals surface area contributed by atoms with Gasteiger partial charge in [-0.1, -0.05) is 0 Å². The van der Waals surface area contributed by atoms with Gasteiger partial charge in [0, 0.05) is 25.2 Å². The van der Waals surface area contributed by atoms with E-state index in [4.69, 9.17) is 4.74 Å². The molecule has 0 spiro atoms. The molecule has 0 aromatic heterocycles. The van der Waals surface area contributed by atoms with Crippen LogP contribution >= 0.6 is 0 Å². The zero-order chi connectivity index (χ0) is 13.0. The molecule has 2 heterocycles. The smallest absolute Gasteiger partial charge is 0.237 e. The van der Waals surface area contributed by atoms with Gasteiger partial charge in [0.2, 0.25) is 5.91 Å². The third-order valence-electron chi connectivity index (χ3n) is 3.87. The molecule has 2 aliphatic heterocycles. The third kappa shape index (κ3) is 3.43.